The fourth-order valence-corrected chi connectivity index (χ4v) is 4.69. The number of anilines is 1. The highest BCUT2D eigenvalue weighted by atomic mass is 16.5. The Labute approximate surface area is 203 Å². The highest BCUT2D eigenvalue weighted by molar-refractivity contribution is 5.77. The summed E-state index contributed by atoms with van der Waals surface area (Å²) in [5, 5.41) is 11.4. The Morgan fingerprint density at radius 3 is 2.40 bits per heavy atom. The summed E-state index contributed by atoms with van der Waals surface area (Å²) in [5.74, 6) is 0.160. The van der Waals surface area contributed by atoms with Gasteiger partial charge in [-0.2, -0.15) is 9.97 Å². The van der Waals surface area contributed by atoms with E-state index in [0.717, 1.165) is 11.1 Å². The first-order valence-electron chi connectivity index (χ1n) is 11.6. The minimum atomic E-state index is -0.730. The molecule has 9 nitrogen and oxygen atoms in total. The van der Waals surface area contributed by atoms with Gasteiger partial charge in [0.2, 0.25) is 11.8 Å². The maximum atomic E-state index is 11.4. The molecule has 1 aliphatic rings. The van der Waals surface area contributed by atoms with Crippen LogP contribution in [-0.4, -0.2) is 50.6 Å². The van der Waals surface area contributed by atoms with E-state index in [9.17, 15) is 5.11 Å². The number of benzene rings is 2. The average molecular weight is 478 g/mol. The molecule has 0 radical (unpaired) electrons. The van der Waals surface area contributed by atoms with Crippen molar-refractivity contribution in [3.8, 4) is 5.88 Å². The van der Waals surface area contributed by atoms with E-state index in [4.69, 9.17) is 19.9 Å². The smallest absolute Gasteiger partial charge is 0.246 e. The lowest BCUT2D eigenvalue weighted by Gasteiger charge is -2.23. The van der Waals surface area contributed by atoms with Crippen molar-refractivity contribution in [1.29, 1.82) is 0 Å². The number of hydrogen-bond acceptors (Lipinski definition) is 8. The molecule has 0 unspecified atom stereocenters. The second kappa shape index (κ2) is 10.4. The van der Waals surface area contributed by atoms with Crippen molar-refractivity contribution in [2.24, 2.45) is 5.92 Å². The maximum Gasteiger partial charge on any atom is 0.246 e. The van der Waals surface area contributed by atoms with Gasteiger partial charge in [-0.1, -0.05) is 60.7 Å². The molecule has 0 saturated heterocycles. The lowest BCUT2D eigenvalue weighted by Crippen LogP contribution is -2.31. The van der Waals surface area contributed by atoms with Crippen molar-refractivity contribution in [2.45, 2.75) is 37.9 Å². The van der Waals surface area contributed by atoms with Gasteiger partial charge in [0.15, 0.2) is 11.2 Å². The number of nitrogens with two attached hydrogens (primary N) is 1. The predicted octanol–water partition coefficient (Wildman–Crippen LogP) is 3.14. The first-order valence-corrected chi connectivity index (χ1v) is 11.6. The van der Waals surface area contributed by atoms with Gasteiger partial charge in [0.05, 0.1) is 51.5 Å². The molecule has 9 heteroatoms. The highest BCUT2D eigenvalue weighted by Crippen LogP contribution is 2.40. The van der Waals surface area contributed by atoms with Gasteiger partial charge in [-0.25, -0.2) is 4.98 Å². The molecular formula is C26H29N5O4. The van der Waals surface area contributed by atoms with E-state index in [1.807, 2.05) is 65.2 Å². The second-order valence-electron chi connectivity index (χ2n) is 8.71. The minimum Gasteiger partial charge on any atom is -0.479 e. The van der Waals surface area contributed by atoms with Crippen LogP contribution in [0, 0.1) is 5.92 Å². The van der Waals surface area contributed by atoms with Gasteiger partial charge in [0, 0.05) is 5.92 Å². The monoisotopic (exact) mass is 477 g/mol. The summed E-state index contributed by atoms with van der Waals surface area (Å²) in [6.45, 7) is 1.28. The predicted molar refractivity (Wildman–Crippen MR) is 131 cm³/mol. The quantitative estimate of drug-likeness (QED) is 0.378. The number of imidazole rings is 1. The standard InChI is InChI=1S/C26H29N5O4/c1-33-25-22-24(29-26(27)30-25)31(16-28-22)20-12-21(35-14-18-10-6-3-7-11-18)19(23(20)32)15-34-13-17-8-4-2-5-9-17/h2-11,16,19-21,23,32H,12-15H2,1H3,(H2,27,29,30)/t19-,20+,21+,23+/m1/s1/i16+2. The summed E-state index contributed by atoms with van der Waals surface area (Å²) < 4.78 is 19.5. The molecule has 1 aliphatic carbocycles. The number of methoxy groups -OCH3 is 1. The summed E-state index contributed by atoms with van der Waals surface area (Å²) in [5.41, 5.74) is 9.08. The van der Waals surface area contributed by atoms with Crippen LogP contribution in [0.2, 0.25) is 0 Å². The van der Waals surface area contributed by atoms with Crippen LogP contribution in [0.5, 0.6) is 5.88 Å². The van der Waals surface area contributed by atoms with Gasteiger partial charge in [-0.05, 0) is 17.5 Å². The number of nitrogen functional groups attached to an aromatic ring is 1. The van der Waals surface area contributed by atoms with E-state index in [0.29, 0.717) is 43.3 Å². The molecule has 2 aromatic carbocycles. The number of aliphatic hydroxyl groups is 1. The van der Waals surface area contributed by atoms with Gasteiger partial charge in [0.25, 0.3) is 0 Å². The van der Waals surface area contributed by atoms with Crippen molar-refractivity contribution in [1.82, 2.24) is 19.5 Å². The Kier molecular flexibility index (Phi) is 6.89. The molecule has 5 rings (SSSR count). The molecule has 0 amide bonds. The van der Waals surface area contributed by atoms with E-state index >= 15 is 0 Å². The molecule has 4 aromatic rings. The zero-order valence-electron chi connectivity index (χ0n) is 19.5. The lowest BCUT2D eigenvalue weighted by atomic mass is 10.0. The summed E-state index contributed by atoms with van der Waals surface area (Å²) in [6, 6.07) is 19.7. The number of rotatable bonds is 9. The number of fused-ring (bicyclic) bond motifs is 1. The Bertz CT molecular complexity index is 1250. The topological polar surface area (TPSA) is 118 Å². The summed E-state index contributed by atoms with van der Waals surface area (Å²) in [7, 11) is 1.51. The largest absolute Gasteiger partial charge is 0.479 e. The van der Waals surface area contributed by atoms with E-state index in [1.165, 1.54) is 7.11 Å². The molecule has 1 saturated carbocycles. The number of hydrogen-bond donors (Lipinski definition) is 2. The summed E-state index contributed by atoms with van der Waals surface area (Å²) >= 11 is 0. The SMILES string of the molecule is COc1nc(N)nc2c1n[14cH]n2[C@H]1C[C@H](OCc2ccccc2)[C@@H](COCc2ccccc2)[C@@H]1O. The van der Waals surface area contributed by atoms with E-state index in [2.05, 4.69) is 15.0 Å². The van der Waals surface area contributed by atoms with Crippen LogP contribution in [0.25, 0.3) is 11.2 Å². The van der Waals surface area contributed by atoms with Gasteiger partial charge >= 0.3 is 0 Å². The van der Waals surface area contributed by atoms with Crippen molar-refractivity contribution >= 4 is 17.1 Å². The Morgan fingerprint density at radius 2 is 1.71 bits per heavy atom. The third-order valence-corrected chi connectivity index (χ3v) is 6.47. The van der Waals surface area contributed by atoms with Crippen LogP contribution in [0.1, 0.15) is 23.6 Å². The van der Waals surface area contributed by atoms with Gasteiger partial charge in [-0.15, -0.1) is 0 Å². The van der Waals surface area contributed by atoms with Crippen LogP contribution in [0.4, 0.5) is 5.95 Å². The number of aromatic nitrogens is 4. The Morgan fingerprint density at radius 1 is 1.03 bits per heavy atom. The van der Waals surface area contributed by atoms with Crippen LogP contribution in [0.15, 0.2) is 67.0 Å². The normalized spacial score (nSPS) is 22.0. The zero-order valence-corrected chi connectivity index (χ0v) is 19.5. The molecule has 0 spiro atoms. The Balaban J connectivity index is 1.38. The van der Waals surface area contributed by atoms with Crippen molar-refractivity contribution in [3.63, 3.8) is 0 Å². The van der Waals surface area contributed by atoms with E-state index < -0.39 is 6.10 Å². The summed E-state index contributed by atoms with van der Waals surface area (Å²) in [6.07, 6.45) is 1.28. The van der Waals surface area contributed by atoms with Gasteiger partial charge in [0.1, 0.15) is 0 Å². The molecule has 3 N–H and O–H groups in total. The number of ether oxygens (including phenoxy) is 3. The van der Waals surface area contributed by atoms with Crippen molar-refractivity contribution < 1.29 is 19.3 Å². The molecular weight excluding hydrogens is 448 g/mol. The fraction of sp³-hybridized carbons (Fsp3) is 0.346. The Hall–Kier alpha value is -3.53. The lowest BCUT2D eigenvalue weighted by molar-refractivity contribution is -0.0475. The summed E-state index contributed by atoms with van der Waals surface area (Å²) in [4.78, 5) is 12.9. The van der Waals surface area contributed by atoms with Crippen LogP contribution >= 0.6 is 0 Å². The second-order valence-corrected chi connectivity index (χ2v) is 8.71. The van der Waals surface area contributed by atoms with Crippen LogP contribution < -0.4 is 10.5 Å². The number of aliphatic hydroxyl groups excluding tert-OH is 1. The molecule has 2 heterocycles. The number of nitrogens with zero attached hydrogens (tertiary/aromatic N) is 4. The fourth-order valence-electron chi connectivity index (χ4n) is 4.69. The molecule has 0 aliphatic heterocycles. The van der Waals surface area contributed by atoms with Gasteiger partial charge in [-0.3, -0.25) is 0 Å². The average Bonchev–Trinajstić information content (AvgIpc) is 3.44. The maximum absolute atomic E-state index is 11.4. The van der Waals surface area contributed by atoms with Crippen molar-refractivity contribution in [3.05, 3.63) is 78.1 Å². The first kappa shape index (κ1) is 23.2. The molecule has 1 fully saturated rings. The first-order chi connectivity index (χ1) is 17.1. The third-order valence-electron chi connectivity index (χ3n) is 6.47. The highest BCUT2D eigenvalue weighted by Gasteiger charge is 2.45. The van der Waals surface area contributed by atoms with Crippen molar-refractivity contribution in [2.75, 3.05) is 19.5 Å². The molecule has 182 valence electrons. The zero-order chi connectivity index (χ0) is 24.2. The minimum absolute atomic E-state index is 0.0863. The molecule has 0 bridgehead atoms. The van der Waals surface area contributed by atoms with Crippen LogP contribution in [-0.2, 0) is 22.7 Å². The van der Waals surface area contributed by atoms with Gasteiger partial charge < -0.3 is 29.6 Å². The van der Waals surface area contributed by atoms with E-state index in [1.54, 1.807) is 6.33 Å². The molecule has 35 heavy (non-hydrogen) atoms. The molecule has 4 atom stereocenters. The van der Waals surface area contributed by atoms with E-state index in [-0.39, 0.29) is 24.0 Å². The van der Waals surface area contributed by atoms with Crippen LogP contribution in [0.3, 0.4) is 0 Å². The molecule has 2 aromatic heterocycles. The third kappa shape index (κ3) is 4.97.